The number of nitrogens with two attached hydrogens (primary N) is 2. The normalized spacial score (nSPS) is 9.88. The van der Waals surface area contributed by atoms with Crippen molar-refractivity contribution in [1.29, 1.82) is 0 Å². The minimum Gasteiger partial charge on any atom is -0.377 e. The first kappa shape index (κ1) is 24.5. The predicted octanol–water partition coefficient (Wildman–Crippen LogP) is -1.95. The first-order chi connectivity index (χ1) is 5.94. The molecular formula is CH12N4O8S3. The molecule has 0 unspecified atom stereocenters. The zero-order chi connectivity index (χ0) is 12.0. The van der Waals surface area contributed by atoms with Gasteiger partial charge in [-0.15, -0.1) is 0 Å². The van der Waals surface area contributed by atoms with Crippen LogP contribution in [0.4, 0.5) is 0 Å². The quantitative estimate of drug-likeness (QED) is 0.144. The molecular weight excluding hydrogens is 292 g/mol. The van der Waals surface area contributed by atoms with Gasteiger partial charge in [0, 0.05) is 0 Å². The van der Waals surface area contributed by atoms with Gasteiger partial charge in [0.25, 0.3) is 0 Å². The summed E-state index contributed by atoms with van der Waals surface area (Å²) in [4.78, 5) is 0. The highest BCUT2D eigenvalue weighted by molar-refractivity contribution is 7.83. The molecule has 0 aromatic heterocycles. The van der Waals surface area contributed by atoms with Gasteiger partial charge >= 0.3 is 20.8 Å². The summed E-state index contributed by atoms with van der Waals surface area (Å²) >= 11 is 4.09. The lowest BCUT2D eigenvalue weighted by molar-refractivity contribution is -0.105. The molecule has 16 heavy (non-hydrogen) atoms. The van der Waals surface area contributed by atoms with E-state index in [-0.39, 0.29) is 17.4 Å². The van der Waals surface area contributed by atoms with Crippen molar-refractivity contribution in [3.63, 3.8) is 0 Å². The van der Waals surface area contributed by atoms with E-state index in [9.17, 15) is 16.8 Å². The van der Waals surface area contributed by atoms with E-state index < -0.39 is 20.8 Å². The van der Waals surface area contributed by atoms with Gasteiger partial charge in [0.15, 0.2) is 5.11 Å². The van der Waals surface area contributed by atoms with Crippen molar-refractivity contribution in [3.8, 4) is 0 Å². The van der Waals surface area contributed by atoms with Crippen LogP contribution < -0.4 is 23.8 Å². The van der Waals surface area contributed by atoms with Crippen molar-refractivity contribution >= 4 is 38.1 Å². The highest BCUT2D eigenvalue weighted by Gasteiger charge is 2.13. The minimum atomic E-state index is -5.02. The van der Waals surface area contributed by atoms with Gasteiger partial charge in [0.05, 0.1) is 0 Å². The molecule has 0 atom stereocenters. The molecule has 0 aliphatic rings. The number of thiocarbonyl (C=S) groups is 1. The number of hydrogen-bond donors (Lipinski definition) is 6. The molecule has 0 aromatic rings. The second kappa shape index (κ2) is 9.57. The zero-order valence-corrected chi connectivity index (χ0v) is 10.1. The molecule has 0 aromatic carbocycles. The molecule has 0 fully saturated rings. The monoisotopic (exact) mass is 304 g/mol. The van der Waals surface area contributed by atoms with Crippen LogP contribution in [0.25, 0.3) is 0 Å². The molecule has 102 valence electrons. The lowest BCUT2D eigenvalue weighted by atomic mass is 11.3. The first-order valence-corrected chi connectivity index (χ1v) is 5.45. The van der Waals surface area contributed by atoms with Crippen LogP contribution >= 0.6 is 12.2 Å². The minimum absolute atomic E-state index is 0. The molecule has 0 saturated carbocycles. The van der Waals surface area contributed by atoms with E-state index >= 15 is 0 Å². The third kappa shape index (κ3) is 50.5. The average molecular weight is 304 g/mol. The standard InChI is InChI=1S/CH4N2S.2H3N.H2O8S2/c2-1(3)4;;;1-9(2,3)7-8-10(4,5)6/h(H4,2,3,4);2*1H3;(H,1,2,3)(H,4,5,6). The molecule has 0 rings (SSSR count). The molecule has 0 radical (unpaired) electrons. The maximum Gasteiger partial charge on any atom is 0.425 e. The molecule has 12 N–H and O–H groups in total. The van der Waals surface area contributed by atoms with Crippen LogP contribution in [0.15, 0.2) is 0 Å². The Kier molecular flexibility index (Phi) is 14.7. The molecule has 12 nitrogen and oxygen atoms in total. The van der Waals surface area contributed by atoms with Crippen molar-refractivity contribution in [2.45, 2.75) is 0 Å². The fourth-order valence-electron chi connectivity index (χ4n) is 0.0702. The van der Waals surface area contributed by atoms with Gasteiger partial charge in [0.2, 0.25) is 0 Å². The summed E-state index contributed by atoms with van der Waals surface area (Å²) in [6.07, 6.45) is 0. The highest BCUT2D eigenvalue weighted by Crippen LogP contribution is 1.92. The van der Waals surface area contributed by atoms with E-state index in [1.54, 1.807) is 0 Å². The summed E-state index contributed by atoms with van der Waals surface area (Å²) in [5, 5.41) is 0.000000000000000222. The number of rotatable bonds is 3. The highest BCUT2D eigenvalue weighted by atomic mass is 32.3. The van der Waals surface area contributed by atoms with Crippen molar-refractivity contribution in [1.82, 2.24) is 12.3 Å². The van der Waals surface area contributed by atoms with E-state index in [2.05, 4.69) is 32.4 Å². The van der Waals surface area contributed by atoms with Crippen LogP contribution in [0.5, 0.6) is 0 Å². The Labute approximate surface area is 96.9 Å². The Morgan fingerprint density at radius 1 is 0.938 bits per heavy atom. The third-order valence-corrected chi connectivity index (χ3v) is 0.766. The molecule has 0 spiro atoms. The smallest absolute Gasteiger partial charge is 0.377 e. The van der Waals surface area contributed by atoms with E-state index in [1.165, 1.54) is 0 Å². The van der Waals surface area contributed by atoms with Gasteiger partial charge in [-0.3, -0.25) is 9.11 Å². The van der Waals surface area contributed by atoms with E-state index in [0.717, 1.165) is 0 Å². The largest absolute Gasteiger partial charge is 0.425 e. The van der Waals surface area contributed by atoms with Crippen molar-refractivity contribution in [2.75, 3.05) is 0 Å². The van der Waals surface area contributed by atoms with Gasteiger partial charge in [0.1, 0.15) is 0 Å². The fourth-order valence-corrected chi connectivity index (χ4v) is 0.632. The van der Waals surface area contributed by atoms with Gasteiger partial charge in [-0.05, 0) is 12.2 Å². The molecule has 15 heteroatoms. The maximum absolute atomic E-state index is 9.51. The van der Waals surface area contributed by atoms with E-state index in [0.29, 0.717) is 0 Å². The Morgan fingerprint density at radius 3 is 1.12 bits per heavy atom. The maximum atomic E-state index is 9.51. The van der Waals surface area contributed by atoms with Crippen LogP contribution in [-0.4, -0.2) is 31.1 Å². The SMILES string of the molecule is N.N.NC(N)=S.O=S(=O)(O)OOS(=O)(=O)O. The Morgan fingerprint density at radius 2 is 1.06 bits per heavy atom. The molecule has 0 saturated heterocycles. The van der Waals surface area contributed by atoms with Crippen LogP contribution in [0, 0.1) is 0 Å². The Bertz CT molecular complexity index is 334. The number of hydrogen-bond acceptors (Lipinski definition) is 9. The first-order valence-electron chi connectivity index (χ1n) is 2.31. The van der Waals surface area contributed by atoms with E-state index in [4.69, 9.17) is 9.11 Å². The van der Waals surface area contributed by atoms with E-state index in [1.807, 2.05) is 0 Å². The molecule has 0 amide bonds. The summed E-state index contributed by atoms with van der Waals surface area (Å²) < 4.78 is 58.9. The van der Waals surface area contributed by atoms with Crippen LogP contribution in [0.2, 0.25) is 0 Å². The lowest BCUT2D eigenvalue weighted by Gasteiger charge is -1.92. The summed E-state index contributed by atoms with van der Waals surface area (Å²) in [6, 6.07) is 0. The zero-order valence-electron chi connectivity index (χ0n) is 7.64. The topological polar surface area (TPSA) is 249 Å². The molecule has 0 heterocycles. The van der Waals surface area contributed by atoms with Crippen LogP contribution in [0.3, 0.4) is 0 Å². The van der Waals surface area contributed by atoms with Crippen LogP contribution in [-0.2, 0) is 29.5 Å². The Hall–Kier alpha value is -0.650. The predicted molar refractivity (Wildman–Crippen MR) is 56.3 cm³/mol. The van der Waals surface area contributed by atoms with Gasteiger partial charge in [-0.1, -0.05) is 8.67 Å². The summed E-state index contributed by atoms with van der Waals surface area (Å²) in [5.41, 5.74) is 9.24. The lowest BCUT2D eigenvalue weighted by Crippen LogP contribution is -2.18. The fraction of sp³-hybridized carbons (Fsp3) is 0. The molecule has 0 bridgehead atoms. The third-order valence-electron chi connectivity index (χ3n) is 0.200. The van der Waals surface area contributed by atoms with Crippen molar-refractivity contribution < 1.29 is 34.6 Å². The van der Waals surface area contributed by atoms with Gasteiger partial charge in [-0.2, -0.15) is 16.8 Å². The van der Waals surface area contributed by atoms with Crippen molar-refractivity contribution in [2.24, 2.45) is 11.5 Å². The summed E-state index contributed by atoms with van der Waals surface area (Å²) in [7, 11) is -10.0. The van der Waals surface area contributed by atoms with Crippen LogP contribution in [0.1, 0.15) is 0 Å². The summed E-state index contributed by atoms with van der Waals surface area (Å²) in [6.45, 7) is 0. The second-order valence-corrected chi connectivity index (χ2v) is 3.85. The Balaban J connectivity index is -0.000000105. The molecule has 0 aliphatic heterocycles. The van der Waals surface area contributed by atoms with Gasteiger partial charge in [-0.25, -0.2) is 0 Å². The van der Waals surface area contributed by atoms with Gasteiger partial charge < -0.3 is 23.8 Å². The van der Waals surface area contributed by atoms with Crippen molar-refractivity contribution in [3.05, 3.63) is 0 Å². The molecule has 0 aliphatic carbocycles. The average Bonchev–Trinajstić information content (AvgIpc) is 1.79. The second-order valence-electron chi connectivity index (χ2n) is 1.39. The summed E-state index contributed by atoms with van der Waals surface area (Å²) in [5.74, 6) is 0.